The van der Waals surface area contributed by atoms with Crippen molar-refractivity contribution in [3.63, 3.8) is 0 Å². The molecule has 1 fully saturated rings. The molecule has 0 aliphatic heterocycles. The Morgan fingerprint density at radius 2 is 2.17 bits per heavy atom. The molecule has 1 aromatic rings. The topological polar surface area (TPSA) is 71.8 Å². The van der Waals surface area contributed by atoms with Crippen LogP contribution in [0.25, 0.3) is 0 Å². The van der Waals surface area contributed by atoms with Gasteiger partial charge >= 0.3 is 0 Å². The van der Waals surface area contributed by atoms with Crippen LogP contribution in [0, 0.1) is 0 Å². The highest BCUT2D eigenvalue weighted by Gasteiger charge is 2.23. The van der Waals surface area contributed by atoms with E-state index in [4.69, 9.17) is 0 Å². The first kappa shape index (κ1) is 20.0. The highest BCUT2D eigenvalue weighted by molar-refractivity contribution is 8.00. The van der Waals surface area contributed by atoms with Gasteiger partial charge in [0.05, 0.1) is 11.8 Å². The Morgan fingerprint density at radius 1 is 1.48 bits per heavy atom. The second-order valence-electron chi connectivity index (χ2n) is 5.58. The predicted molar refractivity (Wildman–Crippen MR) is 95.9 cm³/mol. The molecule has 1 aliphatic carbocycles. The first-order valence-electron chi connectivity index (χ1n) is 7.80. The van der Waals surface area contributed by atoms with Gasteiger partial charge in [-0.2, -0.15) is 0 Å². The normalized spacial score (nSPS) is 15.9. The molecule has 130 valence electrons. The van der Waals surface area contributed by atoms with Gasteiger partial charge in [0.25, 0.3) is 0 Å². The molecular formula is C15H26ClN5OS. The van der Waals surface area contributed by atoms with Crippen molar-refractivity contribution in [3.8, 4) is 0 Å². The maximum absolute atomic E-state index is 12.3. The highest BCUT2D eigenvalue weighted by Crippen LogP contribution is 2.24. The summed E-state index contributed by atoms with van der Waals surface area (Å²) in [6.45, 7) is 6.98. The summed E-state index contributed by atoms with van der Waals surface area (Å²) in [5.74, 6) is 0.938. The molecule has 1 aromatic heterocycles. The molecule has 0 bridgehead atoms. The van der Waals surface area contributed by atoms with Crippen LogP contribution in [0.15, 0.2) is 17.8 Å². The van der Waals surface area contributed by atoms with Gasteiger partial charge in [0, 0.05) is 12.6 Å². The number of hydrogen-bond acceptors (Lipinski definition) is 5. The first-order valence-corrected chi connectivity index (χ1v) is 8.68. The van der Waals surface area contributed by atoms with E-state index in [9.17, 15) is 4.79 Å². The largest absolute Gasteiger partial charge is 0.352 e. The van der Waals surface area contributed by atoms with Crippen LogP contribution in [-0.4, -0.2) is 39.0 Å². The Labute approximate surface area is 148 Å². The Bertz CT molecular complexity index is 516. The molecule has 1 amide bonds. The van der Waals surface area contributed by atoms with Gasteiger partial charge in [-0.1, -0.05) is 30.7 Å². The fraction of sp³-hybridized carbons (Fsp3) is 0.667. The highest BCUT2D eigenvalue weighted by atomic mass is 35.5. The van der Waals surface area contributed by atoms with Crippen LogP contribution >= 0.6 is 24.2 Å². The van der Waals surface area contributed by atoms with E-state index in [-0.39, 0.29) is 23.6 Å². The van der Waals surface area contributed by atoms with Gasteiger partial charge in [-0.25, -0.2) is 0 Å². The van der Waals surface area contributed by atoms with E-state index in [2.05, 4.69) is 27.4 Å². The Hall–Kier alpha value is -1.05. The number of carbonyl (C=O) groups excluding carboxylic acids is 1. The molecule has 2 N–H and O–H groups in total. The molecule has 8 heteroatoms. The van der Waals surface area contributed by atoms with Gasteiger partial charge < -0.3 is 15.2 Å². The first-order chi connectivity index (χ1) is 10.7. The third kappa shape index (κ3) is 5.51. The summed E-state index contributed by atoms with van der Waals surface area (Å²) in [6.07, 6.45) is 6.45. The smallest absolute Gasteiger partial charge is 0.233 e. The van der Waals surface area contributed by atoms with Crippen LogP contribution in [-0.2, 0) is 17.9 Å². The minimum absolute atomic E-state index is 0. The van der Waals surface area contributed by atoms with Crippen molar-refractivity contribution in [2.75, 3.05) is 7.05 Å². The average molecular weight is 360 g/mol. The molecule has 1 atom stereocenters. The average Bonchev–Trinajstić information content (AvgIpc) is 3.12. The third-order valence-electron chi connectivity index (χ3n) is 3.79. The van der Waals surface area contributed by atoms with E-state index >= 15 is 0 Å². The number of hydrogen-bond donors (Lipinski definition) is 2. The number of carbonyl (C=O) groups is 1. The Morgan fingerprint density at radius 3 is 2.78 bits per heavy atom. The van der Waals surface area contributed by atoms with Gasteiger partial charge in [0.2, 0.25) is 5.91 Å². The van der Waals surface area contributed by atoms with E-state index in [1.54, 1.807) is 0 Å². The molecule has 1 unspecified atom stereocenters. The third-order valence-corrected chi connectivity index (χ3v) is 4.87. The zero-order valence-corrected chi connectivity index (χ0v) is 15.4. The van der Waals surface area contributed by atoms with Crippen LogP contribution in [0.5, 0.6) is 0 Å². The zero-order chi connectivity index (χ0) is 15.9. The van der Waals surface area contributed by atoms with Gasteiger partial charge in [-0.05, 0) is 26.8 Å². The fourth-order valence-corrected chi connectivity index (χ4v) is 3.49. The fourth-order valence-electron chi connectivity index (χ4n) is 2.61. The van der Waals surface area contributed by atoms with E-state index in [1.165, 1.54) is 24.6 Å². The van der Waals surface area contributed by atoms with Crippen LogP contribution in [0.2, 0.25) is 0 Å². The molecule has 0 radical (unpaired) electrons. The summed E-state index contributed by atoms with van der Waals surface area (Å²) in [4.78, 5) is 12.3. The number of allylic oxidation sites excluding steroid dienone is 1. The number of nitrogens with one attached hydrogen (secondary N) is 2. The van der Waals surface area contributed by atoms with Crippen LogP contribution in [0.3, 0.4) is 0 Å². The molecule has 0 aromatic carbocycles. The summed E-state index contributed by atoms with van der Waals surface area (Å²) < 4.78 is 1.99. The van der Waals surface area contributed by atoms with Gasteiger partial charge in [0.1, 0.15) is 5.82 Å². The van der Waals surface area contributed by atoms with Crippen LogP contribution in [0.4, 0.5) is 0 Å². The van der Waals surface area contributed by atoms with Gasteiger partial charge in [-0.15, -0.1) is 29.2 Å². The van der Waals surface area contributed by atoms with Crippen LogP contribution in [0.1, 0.15) is 38.4 Å². The second-order valence-corrected chi connectivity index (χ2v) is 6.89. The monoisotopic (exact) mass is 359 g/mol. The molecule has 6 nitrogen and oxygen atoms in total. The van der Waals surface area contributed by atoms with Crippen molar-refractivity contribution in [3.05, 3.63) is 18.5 Å². The number of nitrogens with zero attached hydrogens (tertiary/aromatic N) is 3. The van der Waals surface area contributed by atoms with Crippen molar-refractivity contribution in [1.82, 2.24) is 25.4 Å². The number of rotatable bonds is 8. The molecule has 2 rings (SSSR count). The number of thioether (sulfide) groups is 1. The maximum atomic E-state index is 12.3. The molecule has 1 saturated carbocycles. The molecule has 23 heavy (non-hydrogen) atoms. The lowest BCUT2D eigenvalue weighted by molar-refractivity contribution is -0.120. The lowest BCUT2D eigenvalue weighted by Gasteiger charge is -2.16. The lowest BCUT2D eigenvalue weighted by atomic mass is 10.2. The Balaban J connectivity index is 0.00000264. The minimum atomic E-state index is -0.184. The minimum Gasteiger partial charge on any atom is -0.352 e. The molecular weight excluding hydrogens is 334 g/mol. The van der Waals surface area contributed by atoms with Crippen molar-refractivity contribution in [2.45, 2.75) is 62.1 Å². The molecule has 1 heterocycles. The zero-order valence-electron chi connectivity index (χ0n) is 13.7. The lowest BCUT2D eigenvalue weighted by Crippen LogP contribution is -2.37. The maximum Gasteiger partial charge on any atom is 0.233 e. The predicted octanol–water partition coefficient (Wildman–Crippen LogP) is 2.14. The van der Waals surface area contributed by atoms with E-state index in [0.29, 0.717) is 19.1 Å². The number of aromatic nitrogens is 3. The van der Waals surface area contributed by atoms with Crippen molar-refractivity contribution >= 4 is 30.1 Å². The summed E-state index contributed by atoms with van der Waals surface area (Å²) in [5, 5.41) is 15.2. The summed E-state index contributed by atoms with van der Waals surface area (Å²) in [5.41, 5.74) is 0. The van der Waals surface area contributed by atoms with E-state index < -0.39 is 0 Å². The quantitative estimate of drug-likeness (QED) is 0.549. The molecule has 0 saturated heterocycles. The van der Waals surface area contributed by atoms with E-state index in [1.807, 2.05) is 24.6 Å². The summed E-state index contributed by atoms with van der Waals surface area (Å²) in [7, 11) is 1.87. The van der Waals surface area contributed by atoms with Crippen molar-refractivity contribution in [1.29, 1.82) is 0 Å². The summed E-state index contributed by atoms with van der Waals surface area (Å²) >= 11 is 1.45. The molecule has 1 aliphatic rings. The van der Waals surface area contributed by atoms with E-state index in [0.717, 1.165) is 23.8 Å². The number of amides is 1. The van der Waals surface area contributed by atoms with Crippen molar-refractivity contribution in [2.24, 2.45) is 0 Å². The van der Waals surface area contributed by atoms with Crippen LogP contribution < -0.4 is 10.6 Å². The van der Waals surface area contributed by atoms with Gasteiger partial charge in [-0.3, -0.25) is 4.79 Å². The Kier molecular flexibility index (Phi) is 8.65. The second kappa shape index (κ2) is 9.95. The summed E-state index contributed by atoms with van der Waals surface area (Å²) in [6, 6.07) is 0.349. The SMILES string of the molecule is C=CCn1c(CNC)nnc1SC(C)C(=O)NC1CCCC1.Cl. The standard InChI is InChI=1S/C15H25N5OS.ClH/c1-4-9-20-13(10-16-3)18-19-15(20)22-11(2)14(21)17-12-7-5-6-8-12;/h4,11-12,16H,1,5-10H2,2-3H3,(H,17,21);1H. The molecule has 0 spiro atoms. The number of halogens is 1. The van der Waals surface area contributed by atoms with Gasteiger partial charge in [0.15, 0.2) is 5.16 Å². The van der Waals surface area contributed by atoms with Crippen molar-refractivity contribution < 1.29 is 4.79 Å².